The van der Waals surface area contributed by atoms with Gasteiger partial charge < -0.3 is 9.47 Å². The molecule has 1 saturated heterocycles. The van der Waals surface area contributed by atoms with Crippen molar-refractivity contribution in [2.75, 3.05) is 26.4 Å². The largest absolute Gasteiger partial charge is 0.379 e. The minimum Gasteiger partial charge on any atom is -0.379 e. The lowest BCUT2D eigenvalue weighted by atomic mass is 10.1. The van der Waals surface area contributed by atoms with E-state index >= 15 is 0 Å². The van der Waals surface area contributed by atoms with Gasteiger partial charge in [-0.25, -0.2) is 0 Å². The summed E-state index contributed by atoms with van der Waals surface area (Å²) >= 11 is 0. The molecule has 1 fully saturated rings. The van der Waals surface area contributed by atoms with Crippen LogP contribution in [0.15, 0.2) is 0 Å². The second kappa shape index (κ2) is 9.47. The highest BCUT2D eigenvalue weighted by Crippen LogP contribution is 2.09. The Hall–Kier alpha value is -0.0800. The van der Waals surface area contributed by atoms with E-state index in [1.54, 1.807) is 0 Å². The maximum Gasteiger partial charge on any atom is 0.0700 e. The molecule has 1 aliphatic heterocycles. The van der Waals surface area contributed by atoms with Crippen molar-refractivity contribution in [1.82, 2.24) is 0 Å². The molecule has 0 saturated carbocycles. The normalized spacial score (nSPS) is 24.0. The molecule has 0 N–H and O–H groups in total. The van der Waals surface area contributed by atoms with Crippen molar-refractivity contribution in [3.63, 3.8) is 0 Å². The molecule has 1 rings (SSSR count). The summed E-state index contributed by atoms with van der Waals surface area (Å²) < 4.78 is 10.9. The SMILES string of the molecule is C1CCCCCOCCOCCCC1. The van der Waals surface area contributed by atoms with Crippen LogP contribution in [0.5, 0.6) is 0 Å². The Labute approximate surface area is 88.0 Å². The molecule has 14 heavy (non-hydrogen) atoms. The smallest absolute Gasteiger partial charge is 0.0700 e. The van der Waals surface area contributed by atoms with Crippen LogP contribution in [0.25, 0.3) is 0 Å². The Morgan fingerprint density at radius 3 is 1.14 bits per heavy atom. The molecular weight excluding hydrogens is 176 g/mol. The molecule has 2 nitrogen and oxygen atoms in total. The predicted molar refractivity (Wildman–Crippen MR) is 58.6 cm³/mol. The van der Waals surface area contributed by atoms with Gasteiger partial charge in [-0.3, -0.25) is 0 Å². The molecule has 1 heterocycles. The van der Waals surface area contributed by atoms with Crippen molar-refractivity contribution in [1.29, 1.82) is 0 Å². The van der Waals surface area contributed by atoms with Crippen molar-refractivity contribution in [2.24, 2.45) is 0 Å². The molecule has 0 unspecified atom stereocenters. The van der Waals surface area contributed by atoms with Crippen LogP contribution < -0.4 is 0 Å². The molecule has 84 valence electrons. The Bertz CT molecular complexity index is 61.6. The van der Waals surface area contributed by atoms with E-state index in [0.717, 1.165) is 26.4 Å². The van der Waals surface area contributed by atoms with Crippen molar-refractivity contribution in [2.45, 2.75) is 51.4 Å². The molecule has 0 atom stereocenters. The summed E-state index contributed by atoms with van der Waals surface area (Å²) in [6.07, 6.45) is 10.7. The maximum atomic E-state index is 5.45. The lowest BCUT2D eigenvalue weighted by Gasteiger charge is -2.07. The van der Waals surface area contributed by atoms with Crippen LogP contribution in [-0.4, -0.2) is 26.4 Å². The van der Waals surface area contributed by atoms with Crippen LogP contribution in [0.1, 0.15) is 51.4 Å². The molecule has 0 bridgehead atoms. The highest BCUT2D eigenvalue weighted by Gasteiger charge is 1.95. The summed E-state index contributed by atoms with van der Waals surface area (Å²) in [6, 6.07) is 0. The van der Waals surface area contributed by atoms with Crippen molar-refractivity contribution in [3.05, 3.63) is 0 Å². The van der Waals surface area contributed by atoms with Crippen LogP contribution in [-0.2, 0) is 9.47 Å². The maximum absolute atomic E-state index is 5.45. The Balaban J connectivity index is 2.00. The number of hydrogen-bond acceptors (Lipinski definition) is 2. The van der Waals surface area contributed by atoms with E-state index in [1.165, 1.54) is 51.4 Å². The van der Waals surface area contributed by atoms with E-state index in [9.17, 15) is 0 Å². The standard InChI is InChI=1S/C12H24O2/c1-2-4-6-8-10-14-12-11-13-9-7-5-3-1/h1-12H2. The predicted octanol–water partition coefficient (Wildman–Crippen LogP) is 3.15. The first kappa shape index (κ1) is 12.0. The molecule has 0 radical (unpaired) electrons. The van der Waals surface area contributed by atoms with Gasteiger partial charge in [-0.05, 0) is 12.8 Å². The summed E-state index contributed by atoms with van der Waals surface area (Å²) in [5.41, 5.74) is 0. The molecule has 0 aromatic rings. The average Bonchev–Trinajstić information content (AvgIpc) is 2.22. The molecule has 0 spiro atoms. The second-order valence-electron chi connectivity index (χ2n) is 4.05. The van der Waals surface area contributed by atoms with E-state index < -0.39 is 0 Å². The zero-order valence-corrected chi connectivity index (χ0v) is 9.30. The first-order valence-electron chi connectivity index (χ1n) is 6.15. The van der Waals surface area contributed by atoms with Gasteiger partial charge in [0.25, 0.3) is 0 Å². The fraction of sp³-hybridized carbons (Fsp3) is 1.00. The molecule has 0 aliphatic carbocycles. The van der Waals surface area contributed by atoms with Crippen LogP contribution in [0, 0.1) is 0 Å². The molecule has 1 aliphatic rings. The van der Waals surface area contributed by atoms with Gasteiger partial charge in [0, 0.05) is 13.2 Å². The third-order valence-electron chi connectivity index (χ3n) is 2.70. The van der Waals surface area contributed by atoms with Gasteiger partial charge >= 0.3 is 0 Å². The van der Waals surface area contributed by atoms with Crippen LogP contribution in [0.4, 0.5) is 0 Å². The monoisotopic (exact) mass is 200 g/mol. The first-order valence-corrected chi connectivity index (χ1v) is 6.15. The summed E-state index contributed by atoms with van der Waals surface area (Å²) in [4.78, 5) is 0. The Morgan fingerprint density at radius 2 is 0.714 bits per heavy atom. The Morgan fingerprint density at radius 1 is 0.357 bits per heavy atom. The highest BCUT2D eigenvalue weighted by atomic mass is 16.5. The minimum atomic E-state index is 0.778. The van der Waals surface area contributed by atoms with E-state index in [2.05, 4.69) is 0 Å². The average molecular weight is 200 g/mol. The van der Waals surface area contributed by atoms with Gasteiger partial charge in [0.15, 0.2) is 0 Å². The quantitative estimate of drug-likeness (QED) is 0.598. The van der Waals surface area contributed by atoms with Gasteiger partial charge in [0.05, 0.1) is 13.2 Å². The molecule has 0 aromatic heterocycles. The van der Waals surface area contributed by atoms with E-state index in [1.807, 2.05) is 0 Å². The third kappa shape index (κ3) is 7.34. The van der Waals surface area contributed by atoms with E-state index in [-0.39, 0.29) is 0 Å². The number of ether oxygens (including phenoxy) is 2. The zero-order chi connectivity index (χ0) is 9.90. The van der Waals surface area contributed by atoms with Gasteiger partial charge in [0.2, 0.25) is 0 Å². The van der Waals surface area contributed by atoms with Gasteiger partial charge in [-0.1, -0.05) is 38.5 Å². The minimum absolute atomic E-state index is 0.778. The zero-order valence-electron chi connectivity index (χ0n) is 9.30. The number of hydrogen-bond donors (Lipinski definition) is 0. The number of rotatable bonds is 0. The molecule has 0 amide bonds. The summed E-state index contributed by atoms with van der Waals surface area (Å²) in [5.74, 6) is 0. The fourth-order valence-electron chi connectivity index (χ4n) is 1.79. The lowest BCUT2D eigenvalue weighted by molar-refractivity contribution is 0.0444. The van der Waals surface area contributed by atoms with Gasteiger partial charge in [-0.2, -0.15) is 0 Å². The molecular formula is C12H24O2. The lowest BCUT2D eigenvalue weighted by Crippen LogP contribution is -2.06. The van der Waals surface area contributed by atoms with E-state index in [0.29, 0.717) is 0 Å². The highest BCUT2D eigenvalue weighted by molar-refractivity contribution is 4.48. The molecule has 0 aromatic carbocycles. The third-order valence-corrected chi connectivity index (χ3v) is 2.70. The van der Waals surface area contributed by atoms with Gasteiger partial charge in [0.1, 0.15) is 0 Å². The summed E-state index contributed by atoms with van der Waals surface area (Å²) in [6.45, 7) is 3.40. The second-order valence-corrected chi connectivity index (χ2v) is 4.05. The topological polar surface area (TPSA) is 18.5 Å². The van der Waals surface area contributed by atoms with Crippen LogP contribution in [0.2, 0.25) is 0 Å². The summed E-state index contributed by atoms with van der Waals surface area (Å²) in [7, 11) is 0. The fourth-order valence-corrected chi connectivity index (χ4v) is 1.79. The van der Waals surface area contributed by atoms with Crippen LogP contribution in [0.3, 0.4) is 0 Å². The summed E-state index contributed by atoms with van der Waals surface area (Å²) in [5, 5.41) is 0. The van der Waals surface area contributed by atoms with Gasteiger partial charge in [-0.15, -0.1) is 0 Å². The van der Waals surface area contributed by atoms with Crippen LogP contribution >= 0.6 is 0 Å². The first-order chi connectivity index (χ1) is 7.00. The Kier molecular flexibility index (Phi) is 8.12. The van der Waals surface area contributed by atoms with Crippen molar-refractivity contribution in [3.8, 4) is 0 Å². The van der Waals surface area contributed by atoms with E-state index in [4.69, 9.17) is 9.47 Å². The van der Waals surface area contributed by atoms with Crippen molar-refractivity contribution >= 4 is 0 Å². The molecule has 2 heteroatoms. The van der Waals surface area contributed by atoms with Crippen molar-refractivity contribution < 1.29 is 9.47 Å².